The van der Waals surface area contributed by atoms with Gasteiger partial charge in [-0.05, 0) is 54.3 Å². The summed E-state index contributed by atoms with van der Waals surface area (Å²) < 4.78 is 16.8. The summed E-state index contributed by atoms with van der Waals surface area (Å²) in [4.78, 5) is 45.5. The molecule has 3 N–H and O–H groups in total. The highest BCUT2D eigenvalue weighted by atomic mass is 19.1. The van der Waals surface area contributed by atoms with Crippen LogP contribution < -0.4 is 16.5 Å². The van der Waals surface area contributed by atoms with E-state index in [1.807, 2.05) is 41.5 Å². The van der Waals surface area contributed by atoms with Crippen molar-refractivity contribution in [2.45, 2.75) is 32.6 Å². The Kier molecular flexibility index (Phi) is 8.30. The number of anilines is 2. The Hall–Kier alpha value is -5.83. The van der Waals surface area contributed by atoms with E-state index in [9.17, 15) is 24.0 Å². The van der Waals surface area contributed by atoms with Crippen molar-refractivity contribution < 1.29 is 14.0 Å². The summed E-state index contributed by atoms with van der Waals surface area (Å²) in [6.07, 6.45) is 4.35. The van der Waals surface area contributed by atoms with Crippen molar-refractivity contribution >= 4 is 28.8 Å². The zero-order chi connectivity index (χ0) is 33.4. The van der Waals surface area contributed by atoms with Gasteiger partial charge in [-0.2, -0.15) is 10.4 Å². The zero-order valence-electron chi connectivity index (χ0n) is 26.2. The number of amides is 2. The van der Waals surface area contributed by atoms with E-state index in [0.29, 0.717) is 35.7 Å². The number of halogens is 1. The fourth-order valence-electron chi connectivity index (χ4n) is 6.21. The van der Waals surface area contributed by atoms with E-state index in [4.69, 9.17) is 5.73 Å². The Morgan fingerprint density at radius 1 is 1.06 bits per heavy atom. The predicted molar refractivity (Wildman–Crippen MR) is 176 cm³/mol. The molecule has 0 bridgehead atoms. The molecule has 0 unspecified atom stereocenters. The third-order valence-corrected chi connectivity index (χ3v) is 8.65. The Bertz CT molecular complexity index is 2100. The number of nitrogens with two attached hydrogens (primary N) is 1. The minimum Gasteiger partial charge on any atom is -0.382 e. The molecule has 1 fully saturated rings. The lowest BCUT2D eigenvalue weighted by molar-refractivity contribution is -0.135. The van der Waals surface area contributed by atoms with Crippen LogP contribution in [0, 0.1) is 23.1 Å². The van der Waals surface area contributed by atoms with E-state index in [1.165, 1.54) is 41.4 Å². The predicted octanol–water partition coefficient (Wildman–Crippen LogP) is 4.97. The number of nitriles is 1. The molecule has 0 aliphatic carbocycles. The maximum Gasteiger partial charge on any atom is 0.261 e. The first kappa shape index (κ1) is 31.2. The summed E-state index contributed by atoms with van der Waals surface area (Å²) in [6, 6.07) is 16.4. The number of benzene rings is 2. The minimum absolute atomic E-state index is 0.0198. The highest BCUT2D eigenvalue weighted by Gasteiger charge is 2.28. The van der Waals surface area contributed by atoms with Crippen LogP contribution in [0.15, 0.2) is 71.9 Å². The number of likely N-dealkylation sites (tertiary alicyclic amines) is 1. The number of hydrogen-bond acceptors (Lipinski definition) is 7. The first-order valence-electron chi connectivity index (χ1n) is 15.3. The van der Waals surface area contributed by atoms with E-state index in [1.54, 1.807) is 19.2 Å². The van der Waals surface area contributed by atoms with Crippen LogP contribution in [0.2, 0.25) is 0 Å². The van der Waals surface area contributed by atoms with Gasteiger partial charge >= 0.3 is 0 Å². The van der Waals surface area contributed by atoms with Crippen LogP contribution >= 0.6 is 0 Å². The molecule has 2 aromatic carbocycles. The average molecular weight is 633 g/mol. The van der Waals surface area contributed by atoms with Gasteiger partial charge in [0.05, 0.1) is 5.56 Å². The number of pyridine rings is 1. The molecular formula is C35H33FN8O3. The minimum atomic E-state index is -0.650. The van der Waals surface area contributed by atoms with Gasteiger partial charge in [0.25, 0.3) is 5.91 Å². The molecule has 1 aliphatic heterocycles. The van der Waals surface area contributed by atoms with Gasteiger partial charge in [0, 0.05) is 55.1 Å². The number of nitrogens with zero attached hydrogens (tertiary/aromatic N) is 6. The van der Waals surface area contributed by atoms with Crippen molar-refractivity contribution in [2.24, 2.45) is 13.0 Å². The molecule has 5 aromatic rings. The van der Waals surface area contributed by atoms with Gasteiger partial charge < -0.3 is 20.5 Å². The number of aryl methyl sites for hydroxylation is 1. The first-order chi connectivity index (χ1) is 22.6. The fraction of sp³-hybridized carbons (Fsp3) is 0.257. The second-order valence-electron chi connectivity index (χ2n) is 12.0. The summed E-state index contributed by atoms with van der Waals surface area (Å²) in [7, 11) is 1.57. The van der Waals surface area contributed by atoms with Gasteiger partial charge in [-0.25, -0.2) is 13.9 Å². The van der Waals surface area contributed by atoms with Crippen molar-refractivity contribution in [3.63, 3.8) is 0 Å². The standard InChI is InChI=1S/C35H33FN8O3/c1-20(2)35(47)43-14-12-22(13-15-43)28-16-26(31-33(38)39-19-40-44(28)31)21-6-10-25(11-7-21)41-34(46)27-18-42(3)29(17-37)30(32(27)45)23-4-8-24(36)9-5-23/h4-11,16,18-20,22H,12-15H2,1-3H3,(H,41,46)(H2,38,39,40). The van der Waals surface area contributed by atoms with E-state index < -0.39 is 17.2 Å². The molecule has 1 aliphatic rings. The second kappa shape index (κ2) is 12.5. The molecule has 0 atom stereocenters. The third kappa shape index (κ3) is 5.83. The highest BCUT2D eigenvalue weighted by Crippen LogP contribution is 2.37. The molecule has 6 rings (SSSR count). The van der Waals surface area contributed by atoms with Crippen LogP contribution in [-0.4, -0.2) is 49.0 Å². The van der Waals surface area contributed by atoms with Gasteiger partial charge in [0.1, 0.15) is 35.0 Å². The second-order valence-corrected chi connectivity index (χ2v) is 12.0. The summed E-state index contributed by atoms with van der Waals surface area (Å²) in [5.74, 6) is -0.504. The maximum absolute atomic E-state index is 13.6. The largest absolute Gasteiger partial charge is 0.382 e. The molecular weight excluding hydrogens is 599 g/mol. The Morgan fingerprint density at radius 2 is 1.72 bits per heavy atom. The smallest absolute Gasteiger partial charge is 0.261 e. The normalized spacial score (nSPS) is 13.6. The number of carbonyl (C=O) groups is 2. The summed E-state index contributed by atoms with van der Waals surface area (Å²) in [5.41, 5.74) is 9.74. The number of rotatable bonds is 6. The van der Waals surface area contributed by atoms with E-state index in [-0.39, 0.29) is 34.6 Å². The zero-order valence-corrected chi connectivity index (χ0v) is 26.2. The van der Waals surface area contributed by atoms with Crippen LogP contribution in [0.25, 0.3) is 27.8 Å². The quantitative estimate of drug-likeness (QED) is 0.268. The Balaban J connectivity index is 1.27. The number of fused-ring (bicyclic) bond motifs is 1. The number of hydrogen-bond donors (Lipinski definition) is 2. The van der Waals surface area contributed by atoms with Crippen LogP contribution in [0.5, 0.6) is 0 Å². The van der Waals surface area contributed by atoms with Crippen molar-refractivity contribution in [1.29, 1.82) is 5.26 Å². The van der Waals surface area contributed by atoms with Crippen molar-refractivity contribution in [3.05, 3.63) is 100 Å². The van der Waals surface area contributed by atoms with Gasteiger partial charge in [0.15, 0.2) is 5.82 Å². The molecule has 0 saturated carbocycles. The van der Waals surface area contributed by atoms with Crippen molar-refractivity contribution in [1.82, 2.24) is 24.1 Å². The molecule has 12 heteroatoms. The van der Waals surface area contributed by atoms with Crippen LogP contribution in [0.4, 0.5) is 15.9 Å². The van der Waals surface area contributed by atoms with E-state index in [2.05, 4.69) is 21.5 Å². The van der Waals surface area contributed by atoms with Crippen molar-refractivity contribution in [2.75, 3.05) is 24.1 Å². The average Bonchev–Trinajstić information content (AvgIpc) is 3.47. The summed E-state index contributed by atoms with van der Waals surface area (Å²) >= 11 is 0. The SMILES string of the molecule is CC(C)C(=O)N1CCC(c2cc(-c3ccc(NC(=O)c4cn(C)c(C#N)c(-c5ccc(F)cc5)c4=O)cc3)c3c(N)ncnn23)CC1. The van der Waals surface area contributed by atoms with E-state index in [0.717, 1.165) is 29.7 Å². The molecule has 0 spiro atoms. The molecule has 11 nitrogen and oxygen atoms in total. The molecule has 2 amide bonds. The fourth-order valence-corrected chi connectivity index (χ4v) is 6.21. The van der Waals surface area contributed by atoms with Crippen LogP contribution in [-0.2, 0) is 11.8 Å². The number of nitrogen functional groups attached to an aromatic ring is 1. The van der Waals surface area contributed by atoms with Crippen LogP contribution in [0.1, 0.15) is 54.4 Å². The molecule has 1 saturated heterocycles. The Labute approximate surface area is 270 Å². The molecule has 47 heavy (non-hydrogen) atoms. The highest BCUT2D eigenvalue weighted by molar-refractivity contribution is 6.05. The lowest BCUT2D eigenvalue weighted by Gasteiger charge is -2.33. The van der Waals surface area contributed by atoms with Crippen molar-refractivity contribution in [3.8, 4) is 28.3 Å². The maximum atomic E-state index is 13.6. The lowest BCUT2D eigenvalue weighted by atomic mass is 9.92. The third-order valence-electron chi connectivity index (χ3n) is 8.65. The number of piperidine rings is 1. The molecule has 238 valence electrons. The summed E-state index contributed by atoms with van der Waals surface area (Å²) in [5, 5.41) is 17.0. The molecule has 0 radical (unpaired) electrons. The van der Waals surface area contributed by atoms with E-state index >= 15 is 0 Å². The summed E-state index contributed by atoms with van der Waals surface area (Å²) in [6.45, 7) is 5.18. The van der Waals surface area contributed by atoms with Gasteiger partial charge in [-0.1, -0.05) is 38.1 Å². The van der Waals surface area contributed by atoms with Gasteiger partial charge in [0.2, 0.25) is 11.3 Å². The molecule has 4 heterocycles. The topological polar surface area (TPSA) is 151 Å². The number of nitrogens with one attached hydrogen (secondary N) is 1. The lowest BCUT2D eigenvalue weighted by Crippen LogP contribution is -2.40. The van der Waals surface area contributed by atoms with Gasteiger partial charge in [-0.3, -0.25) is 14.4 Å². The molecule has 3 aromatic heterocycles. The first-order valence-corrected chi connectivity index (χ1v) is 15.3. The Morgan fingerprint density at radius 3 is 2.36 bits per heavy atom. The van der Waals surface area contributed by atoms with Gasteiger partial charge in [-0.15, -0.1) is 0 Å². The monoisotopic (exact) mass is 632 g/mol. The van der Waals surface area contributed by atoms with Crippen LogP contribution in [0.3, 0.4) is 0 Å². The number of carbonyl (C=O) groups excluding carboxylic acids is 2. The number of aromatic nitrogens is 4.